The lowest BCUT2D eigenvalue weighted by Gasteiger charge is -2.28. The molecule has 10 heteroatoms. The first-order valence-corrected chi connectivity index (χ1v) is 12.3. The van der Waals surface area contributed by atoms with Gasteiger partial charge in [-0.1, -0.05) is 6.58 Å². The van der Waals surface area contributed by atoms with Gasteiger partial charge >= 0.3 is 0 Å². The second-order valence-corrected chi connectivity index (χ2v) is 9.27. The number of anilines is 5. The number of ether oxygens (including phenoxy) is 1. The van der Waals surface area contributed by atoms with Crippen molar-refractivity contribution < 1.29 is 9.53 Å². The zero-order valence-corrected chi connectivity index (χ0v) is 21.6. The number of carbonyl (C=O) groups is 1. The molecule has 3 aromatic rings. The lowest BCUT2D eigenvalue weighted by Crippen LogP contribution is -2.30. The Labute approximate surface area is 212 Å². The van der Waals surface area contributed by atoms with Crippen LogP contribution in [0.25, 0.3) is 11.0 Å². The summed E-state index contributed by atoms with van der Waals surface area (Å²) in [7, 11) is 7.67. The summed E-state index contributed by atoms with van der Waals surface area (Å²) in [6.45, 7) is 7.18. The van der Waals surface area contributed by atoms with Gasteiger partial charge in [-0.05, 0) is 51.6 Å². The number of fused-ring (bicyclic) bond motifs is 1. The molecule has 0 bridgehead atoms. The zero-order chi connectivity index (χ0) is 25.7. The number of likely N-dealkylation sites (N-methyl/N-ethyl adjacent to an activating group) is 2. The van der Waals surface area contributed by atoms with E-state index in [-0.39, 0.29) is 5.91 Å². The molecule has 0 aliphatic carbocycles. The zero-order valence-electron chi connectivity index (χ0n) is 21.6. The maximum absolute atomic E-state index is 12.2. The Morgan fingerprint density at radius 2 is 1.94 bits per heavy atom. The molecule has 0 unspecified atom stereocenters. The highest BCUT2D eigenvalue weighted by atomic mass is 16.5. The average Bonchev–Trinajstić information content (AvgIpc) is 3.36. The number of nitrogens with one attached hydrogen (secondary N) is 3. The van der Waals surface area contributed by atoms with E-state index in [1.807, 2.05) is 45.5 Å². The molecule has 2 aromatic heterocycles. The number of methoxy groups -OCH3 is 1. The maximum Gasteiger partial charge on any atom is 0.247 e. The maximum atomic E-state index is 12.2. The predicted molar refractivity (Wildman–Crippen MR) is 147 cm³/mol. The molecule has 0 spiro atoms. The van der Waals surface area contributed by atoms with Crippen LogP contribution < -0.4 is 25.2 Å². The van der Waals surface area contributed by atoms with E-state index in [1.54, 1.807) is 7.11 Å². The summed E-state index contributed by atoms with van der Waals surface area (Å²) in [6, 6.07) is 5.78. The van der Waals surface area contributed by atoms with Crippen LogP contribution in [0.1, 0.15) is 19.3 Å². The van der Waals surface area contributed by atoms with Gasteiger partial charge in [-0.15, -0.1) is 0 Å². The number of rotatable bonds is 10. The Morgan fingerprint density at radius 1 is 1.17 bits per heavy atom. The summed E-state index contributed by atoms with van der Waals surface area (Å²) in [6.07, 6.45) is 6.70. The largest absolute Gasteiger partial charge is 0.494 e. The molecular weight excluding hydrogens is 456 g/mol. The van der Waals surface area contributed by atoms with Crippen molar-refractivity contribution in [1.82, 2.24) is 19.9 Å². The van der Waals surface area contributed by atoms with Gasteiger partial charge < -0.3 is 35.1 Å². The van der Waals surface area contributed by atoms with Crippen LogP contribution in [0.3, 0.4) is 0 Å². The molecule has 1 amide bonds. The fraction of sp³-hybridized carbons (Fsp3) is 0.423. The molecule has 3 N–H and O–H groups in total. The summed E-state index contributed by atoms with van der Waals surface area (Å²) in [5.41, 5.74) is 2.90. The van der Waals surface area contributed by atoms with E-state index in [9.17, 15) is 4.79 Å². The standard InChI is InChI=1S/C26H36N8O2/c1-6-23(35)28-19-16-20(22(36-5)17-21(19)33(4)15-14-32(2)3)29-26-30-24-18(10-11-27-24)25(31-26)34-12-8-7-9-13-34/h6,10-11,16-17H,1,7-9,12-15H2,2-5H3,(H,28,35)(H2,27,29,30,31). The molecule has 10 nitrogen and oxygen atoms in total. The number of carbonyl (C=O) groups excluding carboxylic acids is 1. The van der Waals surface area contributed by atoms with E-state index < -0.39 is 0 Å². The smallest absolute Gasteiger partial charge is 0.247 e. The van der Waals surface area contributed by atoms with Crippen LogP contribution in [-0.4, -0.2) is 80.2 Å². The molecule has 1 aromatic carbocycles. The molecule has 0 atom stereocenters. The molecule has 1 aliphatic rings. The van der Waals surface area contributed by atoms with Gasteiger partial charge in [-0.2, -0.15) is 9.97 Å². The second kappa shape index (κ2) is 11.3. The third kappa shape index (κ3) is 5.71. The quantitative estimate of drug-likeness (QED) is 0.367. The number of nitrogens with zero attached hydrogens (tertiary/aromatic N) is 5. The summed E-state index contributed by atoms with van der Waals surface area (Å²) < 4.78 is 5.73. The monoisotopic (exact) mass is 492 g/mol. The third-order valence-electron chi connectivity index (χ3n) is 6.35. The van der Waals surface area contributed by atoms with E-state index in [0.717, 1.165) is 61.6 Å². The number of amides is 1. The molecule has 192 valence electrons. The Kier molecular flexibility index (Phi) is 7.94. The molecule has 4 rings (SSSR count). The number of aromatic amines is 1. The van der Waals surface area contributed by atoms with E-state index in [0.29, 0.717) is 23.1 Å². The van der Waals surface area contributed by atoms with Crippen LogP contribution in [0.15, 0.2) is 37.1 Å². The van der Waals surface area contributed by atoms with E-state index in [1.165, 1.54) is 12.5 Å². The minimum absolute atomic E-state index is 0.287. The van der Waals surface area contributed by atoms with Gasteiger partial charge in [0.2, 0.25) is 11.9 Å². The predicted octanol–water partition coefficient (Wildman–Crippen LogP) is 3.82. The van der Waals surface area contributed by atoms with Crippen molar-refractivity contribution >= 4 is 45.8 Å². The first-order chi connectivity index (χ1) is 17.4. The van der Waals surface area contributed by atoms with Gasteiger partial charge in [0.15, 0.2) is 0 Å². The van der Waals surface area contributed by atoms with Gasteiger partial charge in [-0.25, -0.2) is 0 Å². The fourth-order valence-electron chi connectivity index (χ4n) is 4.35. The SMILES string of the molecule is C=CC(=O)Nc1cc(Nc2nc(N3CCCCC3)c3cc[nH]c3n2)c(OC)cc1N(C)CCN(C)C. The van der Waals surface area contributed by atoms with Gasteiger partial charge in [-0.3, -0.25) is 4.79 Å². The van der Waals surface area contributed by atoms with E-state index >= 15 is 0 Å². The molecule has 36 heavy (non-hydrogen) atoms. The van der Waals surface area contributed by atoms with Crippen LogP contribution in [0.5, 0.6) is 5.75 Å². The Hall–Kier alpha value is -3.79. The number of benzene rings is 1. The van der Waals surface area contributed by atoms with E-state index in [2.05, 4.69) is 36.9 Å². The number of aromatic nitrogens is 3. The topological polar surface area (TPSA) is 102 Å². The summed E-state index contributed by atoms with van der Waals surface area (Å²) in [5.74, 6) is 1.71. The molecular formula is C26H36N8O2. The second-order valence-electron chi connectivity index (χ2n) is 9.27. The first kappa shape index (κ1) is 25.3. The Morgan fingerprint density at radius 3 is 2.64 bits per heavy atom. The average molecular weight is 493 g/mol. The molecule has 1 fully saturated rings. The Balaban J connectivity index is 1.72. The van der Waals surface area contributed by atoms with Crippen LogP contribution >= 0.6 is 0 Å². The first-order valence-electron chi connectivity index (χ1n) is 12.3. The van der Waals surface area contributed by atoms with Gasteiger partial charge in [0.25, 0.3) is 0 Å². The van der Waals surface area contributed by atoms with Crippen LogP contribution in [-0.2, 0) is 4.79 Å². The summed E-state index contributed by atoms with van der Waals surface area (Å²) in [5, 5.41) is 7.27. The van der Waals surface area contributed by atoms with Gasteiger partial charge in [0.1, 0.15) is 17.2 Å². The number of hydrogen-bond donors (Lipinski definition) is 3. The molecule has 0 saturated carbocycles. The summed E-state index contributed by atoms with van der Waals surface area (Å²) >= 11 is 0. The van der Waals surface area contributed by atoms with Crippen molar-refractivity contribution in [2.24, 2.45) is 0 Å². The van der Waals surface area contributed by atoms with Crippen molar-refractivity contribution in [2.45, 2.75) is 19.3 Å². The van der Waals surface area contributed by atoms with Gasteiger partial charge in [0, 0.05) is 45.5 Å². The number of piperidine rings is 1. The highest BCUT2D eigenvalue weighted by Crippen LogP contribution is 2.38. The molecule has 1 saturated heterocycles. The van der Waals surface area contributed by atoms with Crippen molar-refractivity contribution in [3.05, 3.63) is 37.1 Å². The highest BCUT2D eigenvalue weighted by molar-refractivity contribution is 6.02. The van der Waals surface area contributed by atoms with Crippen molar-refractivity contribution in [3.8, 4) is 5.75 Å². The normalized spacial score (nSPS) is 13.6. The fourth-order valence-corrected chi connectivity index (χ4v) is 4.35. The van der Waals surface area contributed by atoms with Crippen LogP contribution in [0.4, 0.5) is 28.8 Å². The minimum Gasteiger partial charge on any atom is -0.494 e. The van der Waals surface area contributed by atoms with E-state index in [4.69, 9.17) is 14.7 Å². The molecule has 0 radical (unpaired) electrons. The minimum atomic E-state index is -0.287. The van der Waals surface area contributed by atoms with Crippen molar-refractivity contribution in [1.29, 1.82) is 0 Å². The highest BCUT2D eigenvalue weighted by Gasteiger charge is 2.20. The number of H-pyrrole nitrogens is 1. The summed E-state index contributed by atoms with van der Waals surface area (Å²) in [4.78, 5) is 31.6. The number of hydrogen-bond acceptors (Lipinski definition) is 8. The lowest BCUT2D eigenvalue weighted by atomic mass is 10.1. The van der Waals surface area contributed by atoms with Crippen LogP contribution in [0.2, 0.25) is 0 Å². The van der Waals surface area contributed by atoms with Crippen LogP contribution in [0, 0.1) is 0 Å². The third-order valence-corrected chi connectivity index (χ3v) is 6.35. The lowest BCUT2D eigenvalue weighted by molar-refractivity contribution is -0.111. The van der Waals surface area contributed by atoms with Crippen molar-refractivity contribution in [3.63, 3.8) is 0 Å². The van der Waals surface area contributed by atoms with Gasteiger partial charge in [0.05, 0.1) is 29.6 Å². The molecule has 1 aliphatic heterocycles. The van der Waals surface area contributed by atoms with Crippen molar-refractivity contribution in [2.75, 3.05) is 74.9 Å². The molecule has 3 heterocycles. The Bertz CT molecular complexity index is 1220.